The molecule has 11 N–H and O–H groups in total. The van der Waals surface area contributed by atoms with Gasteiger partial charge in [-0.3, -0.25) is 4.79 Å². The van der Waals surface area contributed by atoms with Crippen molar-refractivity contribution in [3.8, 4) is 0 Å². The molecule has 6 fully saturated rings. The molecule has 3 saturated heterocycles. The van der Waals surface area contributed by atoms with Gasteiger partial charge >= 0.3 is 0 Å². The molecule has 3 heterocycles. The molecule has 0 radical (unpaired) electrons. The van der Waals surface area contributed by atoms with Crippen LogP contribution < -0.4 is 0 Å². The fourth-order valence-corrected chi connectivity index (χ4v) is 12.7. The van der Waals surface area contributed by atoms with Crippen LogP contribution in [0.1, 0.15) is 92.9 Å². The van der Waals surface area contributed by atoms with Gasteiger partial charge in [0.2, 0.25) is 0 Å². The van der Waals surface area contributed by atoms with Gasteiger partial charge in [0.05, 0.1) is 37.6 Å². The molecular formula is C45H74O18. The fourth-order valence-electron chi connectivity index (χ4n) is 12.7. The molecule has 25 atom stereocenters. The maximum absolute atomic E-state index is 15.0. The normalized spacial score (nSPS) is 51.2. The van der Waals surface area contributed by atoms with Gasteiger partial charge in [0.25, 0.3) is 0 Å². The maximum Gasteiger partial charge on any atom is 0.187 e. The predicted molar refractivity (Wildman–Crippen MR) is 219 cm³/mol. The Morgan fingerprint density at radius 3 is 1.97 bits per heavy atom. The van der Waals surface area contributed by atoms with E-state index in [0.29, 0.717) is 50.9 Å². The highest BCUT2D eigenvalue weighted by atomic mass is 16.8. The van der Waals surface area contributed by atoms with Crippen LogP contribution in [-0.4, -0.2) is 186 Å². The van der Waals surface area contributed by atoms with E-state index in [1.54, 1.807) is 0 Å². The van der Waals surface area contributed by atoms with Crippen molar-refractivity contribution in [1.82, 2.24) is 0 Å². The van der Waals surface area contributed by atoms with Crippen LogP contribution >= 0.6 is 0 Å². The van der Waals surface area contributed by atoms with Crippen LogP contribution in [0, 0.1) is 46.3 Å². The van der Waals surface area contributed by atoms with E-state index in [-0.39, 0.29) is 29.5 Å². The second-order valence-corrected chi connectivity index (χ2v) is 20.7. The van der Waals surface area contributed by atoms with Crippen molar-refractivity contribution in [2.75, 3.05) is 13.2 Å². The van der Waals surface area contributed by atoms with Gasteiger partial charge in [0, 0.05) is 17.8 Å². The zero-order valence-electron chi connectivity index (χ0n) is 37.3. The molecule has 7 aliphatic rings. The average molecular weight is 903 g/mol. The smallest absolute Gasteiger partial charge is 0.187 e. The molecule has 4 aliphatic carbocycles. The first kappa shape index (κ1) is 49.6. The number of hydrogen-bond donors (Lipinski definition) is 11. The van der Waals surface area contributed by atoms with Gasteiger partial charge < -0.3 is 84.6 Å². The number of carbonyl (C=O) groups is 1. The molecule has 3 aliphatic heterocycles. The van der Waals surface area contributed by atoms with Crippen LogP contribution in [0.4, 0.5) is 0 Å². The first-order chi connectivity index (χ1) is 29.7. The molecule has 63 heavy (non-hydrogen) atoms. The predicted octanol–water partition coefficient (Wildman–Crippen LogP) is -0.990. The molecule has 0 aromatic heterocycles. The fraction of sp³-hybridized carbons (Fsp3) is 0.933. The molecule has 18 nitrogen and oxygen atoms in total. The van der Waals surface area contributed by atoms with E-state index >= 15 is 0 Å². The third-order valence-corrected chi connectivity index (χ3v) is 16.6. The van der Waals surface area contributed by atoms with Gasteiger partial charge in [-0.05, 0) is 86.9 Å². The number of rotatable bonds is 13. The quantitative estimate of drug-likeness (QED) is 0.0990. The van der Waals surface area contributed by atoms with Crippen molar-refractivity contribution in [1.29, 1.82) is 0 Å². The summed E-state index contributed by atoms with van der Waals surface area (Å²) in [7, 11) is 0. The average Bonchev–Trinajstić information content (AvgIpc) is 3.56. The Labute approximate surface area is 369 Å². The number of carbonyl (C=O) groups excluding carboxylic acids is 1. The lowest BCUT2D eigenvalue weighted by molar-refractivity contribution is -0.369. The second kappa shape index (κ2) is 19.4. The first-order valence-corrected chi connectivity index (χ1v) is 23.2. The van der Waals surface area contributed by atoms with E-state index < -0.39 is 140 Å². The number of fused-ring (bicyclic) bond motifs is 5. The number of aliphatic hydroxyl groups excluding tert-OH is 11. The lowest BCUT2D eigenvalue weighted by Crippen LogP contribution is -2.64. The minimum atomic E-state index is -1.70. The number of hydrogen-bond acceptors (Lipinski definition) is 18. The number of allylic oxidation sites excluding steroid dienone is 1. The largest absolute Gasteiger partial charge is 0.394 e. The summed E-state index contributed by atoms with van der Waals surface area (Å²) in [5.74, 6) is -0.633. The molecule has 0 bridgehead atoms. The first-order valence-electron chi connectivity index (χ1n) is 23.2. The van der Waals surface area contributed by atoms with Gasteiger partial charge in [-0.25, -0.2) is 0 Å². The van der Waals surface area contributed by atoms with E-state index in [0.717, 1.165) is 12.0 Å². The molecule has 0 amide bonds. The summed E-state index contributed by atoms with van der Waals surface area (Å²) in [5.41, 5.74) is -0.223. The summed E-state index contributed by atoms with van der Waals surface area (Å²) in [5, 5.41) is 117. The number of ketones is 1. The van der Waals surface area contributed by atoms with E-state index in [2.05, 4.69) is 26.8 Å². The van der Waals surface area contributed by atoms with Gasteiger partial charge in [0.1, 0.15) is 72.9 Å². The van der Waals surface area contributed by atoms with Crippen molar-refractivity contribution in [3.05, 3.63) is 11.6 Å². The monoisotopic (exact) mass is 902 g/mol. The molecule has 0 aromatic rings. The molecule has 362 valence electrons. The molecule has 3 saturated carbocycles. The number of ether oxygens (including phenoxy) is 6. The highest BCUT2D eigenvalue weighted by molar-refractivity contribution is 5.87. The maximum atomic E-state index is 15.0. The van der Waals surface area contributed by atoms with E-state index in [1.807, 2.05) is 13.8 Å². The molecule has 0 spiro atoms. The Kier molecular flexibility index (Phi) is 15.3. The molecule has 7 rings (SSSR count). The van der Waals surface area contributed by atoms with Gasteiger partial charge in [-0.2, -0.15) is 0 Å². The number of aliphatic hydroxyl groups is 11. The van der Waals surface area contributed by atoms with Crippen LogP contribution in [0.2, 0.25) is 0 Å². The third kappa shape index (κ3) is 8.98. The molecular weight excluding hydrogens is 828 g/mol. The van der Waals surface area contributed by atoms with E-state index in [4.69, 9.17) is 28.4 Å². The van der Waals surface area contributed by atoms with Crippen LogP contribution in [0.3, 0.4) is 0 Å². The van der Waals surface area contributed by atoms with Crippen LogP contribution in [0.15, 0.2) is 11.6 Å². The zero-order chi connectivity index (χ0) is 46.0. The summed E-state index contributed by atoms with van der Waals surface area (Å²) in [6.45, 7) is 10.5. The summed E-state index contributed by atoms with van der Waals surface area (Å²) in [6, 6.07) is 0. The van der Waals surface area contributed by atoms with Crippen molar-refractivity contribution in [3.63, 3.8) is 0 Å². The highest BCUT2D eigenvalue weighted by Gasteiger charge is 2.67. The zero-order valence-corrected chi connectivity index (χ0v) is 37.3. The van der Waals surface area contributed by atoms with Crippen LogP contribution in [0.5, 0.6) is 0 Å². The number of Topliss-reactive ketones (excluding diaryl/α,β-unsaturated/α-hetero) is 1. The van der Waals surface area contributed by atoms with Gasteiger partial charge in [-0.1, -0.05) is 46.3 Å². The van der Waals surface area contributed by atoms with Crippen molar-refractivity contribution in [2.45, 2.75) is 203 Å². The molecule has 0 aromatic carbocycles. The van der Waals surface area contributed by atoms with Gasteiger partial charge in [0.15, 0.2) is 18.9 Å². The summed E-state index contributed by atoms with van der Waals surface area (Å²) in [6.07, 6.45) is -17.2. The minimum absolute atomic E-state index is 0.0458. The minimum Gasteiger partial charge on any atom is -0.394 e. The van der Waals surface area contributed by atoms with Crippen molar-refractivity contribution in [2.24, 2.45) is 46.3 Å². The highest BCUT2D eigenvalue weighted by Crippen LogP contribution is 2.67. The lowest BCUT2D eigenvalue weighted by Gasteiger charge is -2.58. The summed E-state index contributed by atoms with van der Waals surface area (Å²) < 4.78 is 36.4. The Balaban J connectivity index is 1.12. The van der Waals surface area contributed by atoms with Crippen molar-refractivity contribution < 1.29 is 89.4 Å². The Morgan fingerprint density at radius 1 is 0.730 bits per heavy atom. The Hall–Kier alpha value is -1.27. The Bertz CT molecular complexity index is 1600. The van der Waals surface area contributed by atoms with Crippen LogP contribution in [-0.2, 0) is 33.2 Å². The third-order valence-electron chi connectivity index (χ3n) is 16.6. The molecule has 18 heteroatoms. The summed E-state index contributed by atoms with van der Waals surface area (Å²) in [4.78, 5) is 15.0. The van der Waals surface area contributed by atoms with Gasteiger partial charge in [-0.15, -0.1) is 0 Å². The summed E-state index contributed by atoms with van der Waals surface area (Å²) >= 11 is 0. The topological polar surface area (TPSA) is 295 Å². The lowest BCUT2D eigenvalue weighted by atomic mass is 9.46. The molecule has 0 unspecified atom stereocenters. The van der Waals surface area contributed by atoms with E-state index in [9.17, 15) is 61.0 Å². The SMILES string of the molecule is CC(C)CC[C@@H](O)[C@@H](C)[C@H]1[C@@H](O[C@@H]2O[C@H](CO)[C@@H](O)[C@H](O)[C@H]2O)C[C@H]2[C@@H]3CC=C4C[C@@H](O[C@@H]5O[C@H](CO)[C@@H](O)[C@H](O)[C@H]5O[C@@H]5O[C@@H](C)[C@H](O)[C@@H](O)[C@H]5O)CC[C@]4(C)[C@H]3CC(=O)[C@]12C. The van der Waals surface area contributed by atoms with E-state index in [1.165, 1.54) is 6.92 Å². The van der Waals surface area contributed by atoms with Crippen molar-refractivity contribution >= 4 is 5.78 Å². The second-order valence-electron chi connectivity index (χ2n) is 20.7. The Morgan fingerprint density at radius 2 is 1.33 bits per heavy atom. The van der Waals surface area contributed by atoms with Crippen LogP contribution in [0.25, 0.3) is 0 Å². The standard InChI is InChI=1S/C45H74O18/c1-18(2)7-10-26(48)19(3)31-27(60-42-39(57)36(54)33(51)28(16-46)61-42)14-25-23-9-8-21-13-22(11-12-44(21,5)24(23)15-30(49)45(25,31)6)59-43-40(37(55)34(52)29(17-47)62-43)63-41-38(56)35(53)32(50)20(4)58-41/h8,18-20,22-29,31-43,46-48,50-57H,7,9-17H2,1-6H3/t19-,20+,22+,23-,24+,25+,26-,27+,28-,29-,31+,32+,33-,34-,35-,36+,37+,38-,39-,40-,41+,42-,43-,44+,45-/m1/s1.